The van der Waals surface area contributed by atoms with E-state index < -0.39 is 0 Å². The molecule has 1 aromatic carbocycles. The fraction of sp³-hybridized carbons (Fsp3) is 0.421. The zero-order valence-electron chi connectivity index (χ0n) is 14.8. The lowest BCUT2D eigenvalue weighted by molar-refractivity contribution is -0.115. The van der Waals surface area contributed by atoms with Crippen LogP contribution in [0.5, 0.6) is 0 Å². The molecule has 1 aromatic heterocycles. The number of hydrogen-bond donors (Lipinski definition) is 1. The summed E-state index contributed by atoms with van der Waals surface area (Å²) in [6.07, 6.45) is 3.04. The van der Waals surface area contributed by atoms with Crippen molar-refractivity contribution in [3.8, 4) is 0 Å². The van der Waals surface area contributed by atoms with Crippen molar-refractivity contribution in [1.29, 1.82) is 0 Å². The maximum Gasteiger partial charge on any atom is 0.254 e. The zero-order valence-corrected chi connectivity index (χ0v) is 14.8. The minimum absolute atomic E-state index is 0.0105. The first-order chi connectivity index (χ1) is 11.8. The number of hydrogen-bond acceptors (Lipinski definition) is 3. The Morgan fingerprint density at radius 3 is 2.80 bits per heavy atom. The van der Waals surface area contributed by atoms with Gasteiger partial charge in [-0.3, -0.25) is 14.3 Å². The second kappa shape index (κ2) is 5.44. The largest absolute Gasteiger partial charge is 0.334 e. The van der Waals surface area contributed by atoms with Crippen LogP contribution in [0.25, 0.3) is 0 Å². The highest BCUT2D eigenvalue weighted by atomic mass is 16.2. The highest BCUT2D eigenvalue weighted by Crippen LogP contribution is 2.27. The molecule has 0 spiro atoms. The fourth-order valence-electron chi connectivity index (χ4n) is 3.63. The molecule has 3 heterocycles. The number of carbonyl (C=O) groups excluding carboxylic acids is 2. The number of nitrogens with zero attached hydrogens (tertiary/aromatic N) is 3. The van der Waals surface area contributed by atoms with Gasteiger partial charge in [-0.1, -0.05) is 0 Å². The summed E-state index contributed by atoms with van der Waals surface area (Å²) in [5.41, 5.74) is 4.64. The molecule has 0 bridgehead atoms. The summed E-state index contributed by atoms with van der Waals surface area (Å²) < 4.78 is 2.07. The van der Waals surface area contributed by atoms with Crippen LogP contribution >= 0.6 is 0 Å². The summed E-state index contributed by atoms with van der Waals surface area (Å²) in [6.45, 7) is 7.67. The number of rotatable bonds is 1. The molecule has 0 aliphatic carbocycles. The molecule has 0 fully saturated rings. The van der Waals surface area contributed by atoms with Gasteiger partial charge in [0, 0.05) is 42.0 Å². The van der Waals surface area contributed by atoms with Crippen LogP contribution in [-0.4, -0.2) is 33.0 Å². The second-order valence-electron chi connectivity index (χ2n) is 7.77. The van der Waals surface area contributed by atoms with Gasteiger partial charge in [0.1, 0.15) is 0 Å². The van der Waals surface area contributed by atoms with Gasteiger partial charge in [0.2, 0.25) is 5.91 Å². The molecule has 1 N–H and O–H groups in total. The molecule has 2 aliphatic heterocycles. The van der Waals surface area contributed by atoms with E-state index in [4.69, 9.17) is 0 Å². The molecular formula is C19H22N4O2. The van der Waals surface area contributed by atoms with Crippen molar-refractivity contribution < 1.29 is 9.59 Å². The lowest BCUT2D eigenvalue weighted by atomic mass is 10.0. The number of benzene rings is 1. The number of carbonyl (C=O) groups is 2. The van der Waals surface area contributed by atoms with Crippen molar-refractivity contribution in [3.63, 3.8) is 0 Å². The van der Waals surface area contributed by atoms with Gasteiger partial charge in [-0.2, -0.15) is 5.10 Å². The first kappa shape index (κ1) is 15.9. The SMILES string of the molecule is CC(C)(C)n1ncc2c1CCN(C(=O)c1ccc3c(c1)CC(=O)N3)C2. The van der Waals surface area contributed by atoms with Gasteiger partial charge >= 0.3 is 0 Å². The quantitative estimate of drug-likeness (QED) is 0.868. The van der Waals surface area contributed by atoms with E-state index >= 15 is 0 Å². The summed E-state index contributed by atoms with van der Waals surface area (Å²) in [5, 5.41) is 7.32. The fourth-order valence-corrected chi connectivity index (χ4v) is 3.63. The minimum Gasteiger partial charge on any atom is -0.334 e. The molecule has 0 atom stereocenters. The Labute approximate surface area is 146 Å². The number of aromatic nitrogens is 2. The van der Waals surface area contributed by atoms with Crippen molar-refractivity contribution in [3.05, 3.63) is 46.8 Å². The van der Waals surface area contributed by atoms with Gasteiger partial charge in [-0.05, 0) is 44.5 Å². The number of nitrogens with one attached hydrogen (secondary N) is 1. The molecular weight excluding hydrogens is 316 g/mol. The average molecular weight is 338 g/mol. The predicted molar refractivity (Wildman–Crippen MR) is 94.4 cm³/mol. The maximum atomic E-state index is 12.9. The van der Waals surface area contributed by atoms with E-state index in [2.05, 4.69) is 35.9 Å². The maximum absolute atomic E-state index is 12.9. The van der Waals surface area contributed by atoms with Gasteiger partial charge < -0.3 is 10.2 Å². The molecule has 130 valence electrons. The lowest BCUT2D eigenvalue weighted by Crippen LogP contribution is -2.37. The monoisotopic (exact) mass is 338 g/mol. The van der Waals surface area contributed by atoms with Gasteiger partial charge in [-0.25, -0.2) is 0 Å². The molecule has 25 heavy (non-hydrogen) atoms. The molecule has 0 radical (unpaired) electrons. The van der Waals surface area contributed by atoms with E-state index in [1.165, 1.54) is 5.69 Å². The molecule has 6 heteroatoms. The van der Waals surface area contributed by atoms with Crippen molar-refractivity contribution >= 4 is 17.5 Å². The van der Waals surface area contributed by atoms with Crippen molar-refractivity contribution in [2.75, 3.05) is 11.9 Å². The van der Waals surface area contributed by atoms with Gasteiger partial charge in [0.05, 0.1) is 18.2 Å². The summed E-state index contributed by atoms with van der Waals surface area (Å²) in [5.74, 6) is -0.00637. The molecule has 0 unspecified atom stereocenters. The Balaban J connectivity index is 1.56. The van der Waals surface area contributed by atoms with E-state index in [-0.39, 0.29) is 17.4 Å². The summed E-state index contributed by atoms with van der Waals surface area (Å²) in [6, 6.07) is 5.45. The third-order valence-electron chi connectivity index (χ3n) is 4.84. The Morgan fingerprint density at radius 1 is 1.24 bits per heavy atom. The average Bonchev–Trinajstić information content (AvgIpc) is 3.14. The van der Waals surface area contributed by atoms with E-state index in [1.54, 1.807) is 6.07 Å². The Morgan fingerprint density at radius 2 is 2.04 bits per heavy atom. The Hall–Kier alpha value is -2.63. The Kier molecular flexibility index (Phi) is 3.45. The first-order valence-corrected chi connectivity index (χ1v) is 8.61. The highest BCUT2D eigenvalue weighted by molar-refractivity contribution is 6.01. The number of fused-ring (bicyclic) bond motifs is 2. The third-order valence-corrected chi connectivity index (χ3v) is 4.84. The molecule has 0 saturated heterocycles. The molecule has 2 aliphatic rings. The van der Waals surface area contributed by atoms with Crippen LogP contribution in [0.2, 0.25) is 0 Å². The number of anilines is 1. The van der Waals surface area contributed by atoms with Crippen LogP contribution < -0.4 is 5.32 Å². The van der Waals surface area contributed by atoms with Crippen LogP contribution in [0, 0.1) is 0 Å². The normalized spacial score (nSPS) is 16.4. The molecule has 4 rings (SSSR count). The standard InChI is InChI=1S/C19H22N4O2/c1-19(2,3)23-16-6-7-22(11-14(16)10-20-23)18(25)12-4-5-15-13(8-12)9-17(24)21-15/h4-5,8,10H,6-7,9,11H2,1-3H3,(H,21,24). The van der Waals surface area contributed by atoms with Crippen LogP contribution in [0.3, 0.4) is 0 Å². The van der Waals surface area contributed by atoms with Crippen molar-refractivity contribution in [2.45, 2.75) is 45.7 Å². The molecule has 2 amide bonds. The van der Waals surface area contributed by atoms with Crippen LogP contribution in [0.1, 0.15) is 48.0 Å². The highest BCUT2D eigenvalue weighted by Gasteiger charge is 2.28. The summed E-state index contributed by atoms with van der Waals surface area (Å²) in [4.78, 5) is 26.2. The zero-order chi connectivity index (χ0) is 17.8. The molecule has 2 aromatic rings. The van der Waals surface area contributed by atoms with Crippen LogP contribution in [-0.2, 0) is 29.7 Å². The smallest absolute Gasteiger partial charge is 0.254 e. The predicted octanol–water partition coefficient (Wildman–Crippen LogP) is 2.33. The van der Waals surface area contributed by atoms with E-state index in [0.717, 1.165) is 23.2 Å². The number of amides is 2. The van der Waals surface area contributed by atoms with Crippen LogP contribution in [0.15, 0.2) is 24.4 Å². The van der Waals surface area contributed by atoms with E-state index in [0.29, 0.717) is 25.1 Å². The Bertz CT molecular complexity index is 876. The minimum atomic E-state index is -0.0563. The summed E-state index contributed by atoms with van der Waals surface area (Å²) in [7, 11) is 0. The molecule has 0 saturated carbocycles. The van der Waals surface area contributed by atoms with Crippen LogP contribution in [0.4, 0.5) is 5.69 Å². The van der Waals surface area contributed by atoms with Gasteiger partial charge in [0.25, 0.3) is 5.91 Å². The van der Waals surface area contributed by atoms with Crippen molar-refractivity contribution in [1.82, 2.24) is 14.7 Å². The molecule has 6 nitrogen and oxygen atoms in total. The third kappa shape index (κ3) is 2.71. The van der Waals surface area contributed by atoms with Gasteiger partial charge in [0.15, 0.2) is 0 Å². The van der Waals surface area contributed by atoms with E-state index in [9.17, 15) is 9.59 Å². The van der Waals surface area contributed by atoms with Gasteiger partial charge in [-0.15, -0.1) is 0 Å². The van der Waals surface area contributed by atoms with E-state index in [1.807, 2.05) is 23.2 Å². The van der Waals surface area contributed by atoms with Crippen molar-refractivity contribution in [2.24, 2.45) is 0 Å². The summed E-state index contributed by atoms with van der Waals surface area (Å²) >= 11 is 0. The second-order valence-corrected chi connectivity index (χ2v) is 7.77. The lowest BCUT2D eigenvalue weighted by Gasteiger charge is -2.30. The topological polar surface area (TPSA) is 67.2 Å². The first-order valence-electron chi connectivity index (χ1n) is 8.61.